The Morgan fingerprint density at radius 2 is 1.97 bits per heavy atom. The molecule has 0 radical (unpaired) electrons. The summed E-state index contributed by atoms with van der Waals surface area (Å²) >= 11 is 2.96. The molecular formula is C23H22FN5OS2. The van der Waals surface area contributed by atoms with Crippen LogP contribution in [0.3, 0.4) is 0 Å². The molecule has 32 heavy (non-hydrogen) atoms. The molecule has 164 valence electrons. The van der Waals surface area contributed by atoms with E-state index < -0.39 is 0 Å². The summed E-state index contributed by atoms with van der Waals surface area (Å²) in [5, 5.41) is 10.1. The van der Waals surface area contributed by atoms with Crippen molar-refractivity contribution >= 4 is 39.2 Å². The number of nitrogens with zero attached hydrogens (tertiary/aromatic N) is 5. The molecule has 0 bridgehead atoms. The summed E-state index contributed by atoms with van der Waals surface area (Å²) in [5.41, 5.74) is 1.39. The fourth-order valence-electron chi connectivity index (χ4n) is 3.54. The maximum absolute atomic E-state index is 14.3. The van der Waals surface area contributed by atoms with Crippen LogP contribution in [0, 0.1) is 5.82 Å². The molecule has 2 aromatic carbocycles. The number of carbonyl (C=O) groups is 1. The number of amides is 1. The standard InChI is InChI=1S/C23H22FN5OS2/c1-14(22-25-18-9-5-6-10-19(18)32-22)28(2)20(30)13-31-23-27-26-21(29(23)15-11-12-15)16-7-3-4-8-17(16)24/h3-10,14-15H,11-13H2,1-2H3/t14-/m0/s1. The van der Waals surface area contributed by atoms with Gasteiger partial charge in [0.2, 0.25) is 5.91 Å². The second-order valence-corrected chi connectivity index (χ2v) is 9.88. The minimum absolute atomic E-state index is 0.0143. The van der Waals surface area contributed by atoms with Gasteiger partial charge in [-0.05, 0) is 44.0 Å². The zero-order valence-electron chi connectivity index (χ0n) is 17.7. The monoisotopic (exact) mass is 467 g/mol. The first-order valence-corrected chi connectivity index (χ1v) is 12.3. The third-order valence-corrected chi connectivity index (χ3v) is 7.79. The Labute approximate surface area is 193 Å². The largest absolute Gasteiger partial charge is 0.336 e. The lowest BCUT2D eigenvalue weighted by atomic mass is 10.2. The topological polar surface area (TPSA) is 63.9 Å². The van der Waals surface area contributed by atoms with Gasteiger partial charge in [-0.3, -0.25) is 9.36 Å². The van der Waals surface area contributed by atoms with Crippen LogP contribution in [0.25, 0.3) is 21.6 Å². The van der Waals surface area contributed by atoms with Crippen LogP contribution in [0.2, 0.25) is 0 Å². The Morgan fingerprint density at radius 1 is 1.22 bits per heavy atom. The molecule has 1 amide bonds. The van der Waals surface area contributed by atoms with E-state index in [4.69, 9.17) is 0 Å². The Bertz CT molecular complexity index is 1250. The highest BCUT2D eigenvalue weighted by atomic mass is 32.2. The van der Waals surface area contributed by atoms with E-state index in [0.29, 0.717) is 16.5 Å². The van der Waals surface area contributed by atoms with Crippen molar-refractivity contribution in [2.24, 2.45) is 0 Å². The zero-order valence-corrected chi connectivity index (χ0v) is 19.4. The van der Waals surface area contributed by atoms with Crippen molar-refractivity contribution in [3.8, 4) is 11.4 Å². The summed E-state index contributed by atoms with van der Waals surface area (Å²) in [4.78, 5) is 19.3. The summed E-state index contributed by atoms with van der Waals surface area (Å²) in [5.74, 6) is 0.420. The molecule has 1 aliphatic rings. The van der Waals surface area contributed by atoms with Crippen molar-refractivity contribution in [1.29, 1.82) is 0 Å². The van der Waals surface area contributed by atoms with Crippen LogP contribution in [0.5, 0.6) is 0 Å². The van der Waals surface area contributed by atoms with Crippen LogP contribution in [0.15, 0.2) is 53.7 Å². The predicted octanol–water partition coefficient (Wildman–Crippen LogP) is 5.34. The fraction of sp³-hybridized carbons (Fsp3) is 0.304. The third kappa shape index (κ3) is 4.02. The van der Waals surface area contributed by atoms with Crippen LogP contribution in [-0.4, -0.2) is 43.4 Å². The lowest BCUT2D eigenvalue weighted by Crippen LogP contribution is -2.31. The van der Waals surface area contributed by atoms with Gasteiger partial charge in [0, 0.05) is 13.1 Å². The number of hydrogen-bond donors (Lipinski definition) is 0. The second-order valence-electron chi connectivity index (χ2n) is 7.88. The molecule has 2 heterocycles. The van der Waals surface area contributed by atoms with E-state index in [1.54, 1.807) is 41.5 Å². The minimum atomic E-state index is -0.321. The number of aromatic nitrogens is 4. The molecule has 0 unspecified atom stereocenters. The maximum Gasteiger partial charge on any atom is 0.233 e. The summed E-state index contributed by atoms with van der Waals surface area (Å²) in [6.45, 7) is 1.99. The Kier molecular flexibility index (Phi) is 5.69. The SMILES string of the molecule is C[C@@H](c1nc2ccccc2s1)N(C)C(=O)CSc1nnc(-c2ccccc2F)n1C1CC1. The smallest absolute Gasteiger partial charge is 0.233 e. The van der Waals surface area contributed by atoms with Crippen LogP contribution in [0.4, 0.5) is 4.39 Å². The highest BCUT2D eigenvalue weighted by Crippen LogP contribution is 2.41. The lowest BCUT2D eigenvalue weighted by Gasteiger charge is -2.23. The van der Waals surface area contributed by atoms with Crippen molar-refractivity contribution in [3.63, 3.8) is 0 Å². The van der Waals surface area contributed by atoms with Gasteiger partial charge < -0.3 is 4.90 Å². The number of halogens is 1. The molecule has 4 aromatic rings. The quantitative estimate of drug-likeness (QED) is 0.343. The summed E-state index contributed by atoms with van der Waals surface area (Å²) in [6.07, 6.45) is 2.02. The van der Waals surface area contributed by atoms with E-state index in [9.17, 15) is 9.18 Å². The van der Waals surface area contributed by atoms with Gasteiger partial charge in [-0.2, -0.15) is 0 Å². The number of rotatable bonds is 7. The Hall–Kier alpha value is -2.78. The van der Waals surface area contributed by atoms with Gasteiger partial charge >= 0.3 is 0 Å². The van der Waals surface area contributed by atoms with E-state index in [-0.39, 0.29) is 29.6 Å². The number of para-hydroxylation sites is 1. The average molecular weight is 468 g/mol. The molecular weight excluding hydrogens is 445 g/mol. The molecule has 1 aliphatic carbocycles. The van der Waals surface area contributed by atoms with E-state index in [0.717, 1.165) is 28.1 Å². The van der Waals surface area contributed by atoms with Gasteiger partial charge in [-0.15, -0.1) is 21.5 Å². The summed E-state index contributed by atoms with van der Waals surface area (Å²) in [7, 11) is 1.80. The van der Waals surface area contributed by atoms with Crippen molar-refractivity contribution < 1.29 is 9.18 Å². The highest BCUT2D eigenvalue weighted by molar-refractivity contribution is 7.99. The van der Waals surface area contributed by atoms with E-state index in [1.165, 1.54) is 17.8 Å². The maximum atomic E-state index is 14.3. The first-order chi connectivity index (χ1) is 15.5. The number of hydrogen-bond acceptors (Lipinski definition) is 6. The van der Waals surface area contributed by atoms with Gasteiger partial charge in [0.25, 0.3) is 0 Å². The predicted molar refractivity (Wildman–Crippen MR) is 125 cm³/mol. The summed E-state index contributed by atoms with van der Waals surface area (Å²) < 4.78 is 17.4. The van der Waals surface area contributed by atoms with Gasteiger partial charge in [0.05, 0.1) is 27.6 Å². The van der Waals surface area contributed by atoms with Crippen LogP contribution < -0.4 is 0 Å². The van der Waals surface area contributed by atoms with Gasteiger partial charge in [0.15, 0.2) is 11.0 Å². The van der Waals surface area contributed by atoms with Crippen LogP contribution >= 0.6 is 23.1 Å². The molecule has 1 saturated carbocycles. The Balaban J connectivity index is 1.31. The second kappa shape index (κ2) is 8.63. The molecule has 2 aromatic heterocycles. The average Bonchev–Trinajstić information content (AvgIpc) is 3.41. The Morgan fingerprint density at radius 3 is 2.72 bits per heavy atom. The van der Waals surface area contributed by atoms with Crippen LogP contribution in [-0.2, 0) is 4.79 Å². The van der Waals surface area contributed by atoms with Crippen molar-refractivity contribution in [2.45, 2.75) is 37.0 Å². The van der Waals surface area contributed by atoms with Crippen LogP contribution in [0.1, 0.15) is 36.9 Å². The van der Waals surface area contributed by atoms with Gasteiger partial charge in [-0.1, -0.05) is 36.0 Å². The van der Waals surface area contributed by atoms with E-state index in [1.807, 2.05) is 35.8 Å². The molecule has 0 aliphatic heterocycles. The van der Waals surface area contributed by atoms with E-state index in [2.05, 4.69) is 15.2 Å². The van der Waals surface area contributed by atoms with Gasteiger partial charge in [-0.25, -0.2) is 9.37 Å². The molecule has 0 N–H and O–H groups in total. The third-order valence-electron chi connectivity index (χ3n) is 5.66. The molecule has 1 fully saturated rings. The fourth-order valence-corrected chi connectivity index (χ4v) is 5.53. The first-order valence-electron chi connectivity index (χ1n) is 10.5. The van der Waals surface area contributed by atoms with Gasteiger partial charge in [0.1, 0.15) is 10.8 Å². The molecule has 6 nitrogen and oxygen atoms in total. The zero-order chi connectivity index (χ0) is 22.2. The number of thioether (sulfide) groups is 1. The first kappa shape index (κ1) is 21.1. The number of fused-ring (bicyclic) bond motifs is 1. The van der Waals surface area contributed by atoms with Crippen molar-refractivity contribution in [3.05, 3.63) is 59.4 Å². The molecule has 5 rings (SSSR count). The number of carbonyl (C=O) groups excluding carboxylic acids is 1. The minimum Gasteiger partial charge on any atom is -0.336 e. The molecule has 0 saturated heterocycles. The molecule has 1 atom stereocenters. The van der Waals surface area contributed by atoms with Crippen molar-refractivity contribution in [1.82, 2.24) is 24.6 Å². The molecule has 0 spiro atoms. The summed E-state index contributed by atoms with van der Waals surface area (Å²) in [6, 6.07) is 14.7. The van der Waals surface area contributed by atoms with E-state index >= 15 is 0 Å². The normalized spacial score (nSPS) is 14.6. The highest BCUT2D eigenvalue weighted by Gasteiger charge is 2.31. The number of thiazole rings is 1. The molecule has 9 heteroatoms. The van der Waals surface area contributed by atoms with Crippen molar-refractivity contribution in [2.75, 3.05) is 12.8 Å². The number of benzene rings is 2. The lowest BCUT2D eigenvalue weighted by molar-refractivity contribution is -0.128.